The van der Waals surface area contributed by atoms with E-state index in [0.29, 0.717) is 38.4 Å². The molecule has 2 rings (SSSR count). The van der Waals surface area contributed by atoms with Gasteiger partial charge in [0.2, 0.25) is 15.9 Å². The molecular formula is C17H27F3IN5O3S. The lowest BCUT2D eigenvalue weighted by Gasteiger charge is -2.32. The highest BCUT2D eigenvalue weighted by atomic mass is 127. The van der Waals surface area contributed by atoms with E-state index in [1.165, 1.54) is 10.4 Å². The number of halogens is 4. The summed E-state index contributed by atoms with van der Waals surface area (Å²) in [5.41, 5.74) is -0.828. The van der Waals surface area contributed by atoms with E-state index in [0.717, 1.165) is 12.3 Å². The van der Waals surface area contributed by atoms with E-state index in [2.05, 4.69) is 20.6 Å². The average molecular weight is 565 g/mol. The summed E-state index contributed by atoms with van der Waals surface area (Å²) in [6.45, 7) is 3.12. The maximum absolute atomic E-state index is 12.5. The Morgan fingerprint density at radius 2 is 2.00 bits per heavy atom. The van der Waals surface area contributed by atoms with E-state index < -0.39 is 21.8 Å². The normalized spacial score (nSPS) is 16.6. The van der Waals surface area contributed by atoms with Crippen molar-refractivity contribution in [2.24, 2.45) is 4.99 Å². The first-order chi connectivity index (χ1) is 13.7. The molecule has 30 heavy (non-hydrogen) atoms. The molecule has 0 spiro atoms. The number of aromatic nitrogens is 1. The molecule has 1 aliphatic heterocycles. The molecule has 0 aromatic carbocycles. The number of guanidine groups is 1. The predicted molar refractivity (Wildman–Crippen MR) is 119 cm³/mol. The van der Waals surface area contributed by atoms with Crippen LogP contribution in [0.1, 0.15) is 25.3 Å². The van der Waals surface area contributed by atoms with E-state index >= 15 is 0 Å². The maximum Gasteiger partial charge on any atom is 0.417 e. The fourth-order valence-electron chi connectivity index (χ4n) is 2.81. The van der Waals surface area contributed by atoms with Crippen LogP contribution in [-0.2, 0) is 16.2 Å². The van der Waals surface area contributed by atoms with E-state index in [-0.39, 0.29) is 48.3 Å². The van der Waals surface area contributed by atoms with Gasteiger partial charge in [-0.05, 0) is 25.8 Å². The van der Waals surface area contributed by atoms with E-state index in [9.17, 15) is 21.6 Å². The first-order valence-electron chi connectivity index (χ1n) is 9.26. The molecule has 2 N–H and O–H groups in total. The molecule has 1 fully saturated rings. The Balaban J connectivity index is 0.00000450. The van der Waals surface area contributed by atoms with Gasteiger partial charge in [-0.15, -0.1) is 24.0 Å². The van der Waals surface area contributed by atoms with Crippen LogP contribution in [0.15, 0.2) is 23.3 Å². The van der Waals surface area contributed by atoms with Crippen LogP contribution in [-0.4, -0.2) is 68.8 Å². The van der Waals surface area contributed by atoms with Crippen LogP contribution >= 0.6 is 24.0 Å². The number of ether oxygens (including phenoxy) is 1. The molecule has 0 aliphatic carbocycles. The molecule has 0 amide bonds. The zero-order valence-electron chi connectivity index (χ0n) is 16.8. The molecule has 172 valence electrons. The Morgan fingerprint density at radius 3 is 2.50 bits per heavy atom. The standard InChI is InChI=1S/C17H26F3N5O3S.HI/c1-3-29(26,27)25-9-6-14(7-10-25)24-16(21-2)22-8-11-28-15-5-4-13(12-23-15)17(18,19)20;/h4-5,12,14H,3,6-11H2,1-2H3,(H2,21,22,24);1H. The van der Waals surface area contributed by atoms with Crippen LogP contribution in [0, 0.1) is 0 Å². The minimum absolute atomic E-state index is 0. The molecule has 13 heteroatoms. The largest absolute Gasteiger partial charge is 0.476 e. The van der Waals surface area contributed by atoms with Crippen molar-refractivity contribution in [2.45, 2.75) is 32.0 Å². The van der Waals surface area contributed by atoms with Gasteiger partial charge >= 0.3 is 6.18 Å². The number of hydrogen-bond donors (Lipinski definition) is 2. The van der Waals surface area contributed by atoms with Crippen LogP contribution in [0.3, 0.4) is 0 Å². The van der Waals surface area contributed by atoms with Gasteiger partial charge in [0.05, 0.1) is 17.9 Å². The summed E-state index contributed by atoms with van der Waals surface area (Å²) in [5.74, 6) is 0.750. The molecule has 1 aliphatic rings. The molecule has 0 unspecified atom stereocenters. The molecule has 1 aromatic rings. The smallest absolute Gasteiger partial charge is 0.417 e. The fraction of sp³-hybridized carbons (Fsp3) is 0.647. The number of hydrogen-bond acceptors (Lipinski definition) is 5. The number of nitrogens with zero attached hydrogens (tertiary/aromatic N) is 3. The Labute approximate surface area is 191 Å². The molecule has 0 bridgehead atoms. The van der Waals surface area contributed by atoms with Crippen LogP contribution in [0.5, 0.6) is 5.88 Å². The van der Waals surface area contributed by atoms with Crippen molar-refractivity contribution in [1.82, 2.24) is 19.9 Å². The van der Waals surface area contributed by atoms with Crippen LogP contribution < -0.4 is 15.4 Å². The minimum Gasteiger partial charge on any atom is -0.476 e. The third-order valence-corrected chi connectivity index (χ3v) is 6.37. The first-order valence-corrected chi connectivity index (χ1v) is 10.9. The molecule has 0 radical (unpaired) electrons. The van der Waals surface area contributed by atoms with Crippen molar-refractivity contribution in [3.8, 4) is 5.88 Å². The second-order valence-electron chi connectivity index (χ2n) is 6.45. The SMILES string of the molecule is CCS(=O)(=O)N1CCC(NC(=NC)NCCOc2ccc(C(F)(F)F)cn2)CC1.I. The van der Waals surface area contributed by atoms with E-state index in [4.69, 9.17) is 4.74 Å². The number of nitrogens with one attached hydrogen (secondary N) is 2. The topological polar surface area (TPSA) is 95.9 Å². The molecule has 8 nitrogen and oxygen atoms in total. The second kappa shape index (κ2) is 11.9. The third-order valence-electron chi connectivity index (χ3n) is 4.48. The molecule has 2 heterocycles. The summed E-state index contributed by atoms with van der Waals surface area (Å²) in [4.78, 5) is 7.76. The van der Waals surface area contributed by atoms with E-state index in [1.54, 1.807) is 14.0 Å². The summed E-state index contributed by atoms with van der Waals surface area (Å²) in [6.07, 6.45) is -2.35. The number of piperidine rings is 1. The van der Waals surface area contributed by atoms with Gasteiger partial charge in [-0.3, -0.25) is 4.99 Å². The summed E-state index contributed by atoms with van der Waals surface area (Å²) in [7, 11) is -1.54. The zero-order valence-corrected chi connectivity index (χ0v) is 19.9. The zero-order chi connectivity index (χ0) is 21.5. The Kier molecular flexibility index (Phi) is 10.6. The van der Waals surface area contributed by atoms with Crippen molar-refractivity contribution in [2.75, 3.05) is 39.0 Å². The van der Waals surface area contributed by atoms with Gasteiger partial charge in [-0.1, -0.05) is 0 Å². The molecule has 0 saturated carbocycles. The van der Waals surface area contributed by atoms with E-state index in [1.807, 2.05) is 0 Å². The lowest BCUT2D eigenvalue weighted by atomic mass is 10.1. The highest BCUT2D eigenvalue weighted by Crippen LogP contribution is 2.29. The summed E-state index contributed by atoms with van der Waals surface area (Å²) in [5, 5.41) is 6.29. The average Bonchev–Trinajstić information content (AvgIpc) is 2.70. The number of alkyl halides is 3. The number of sulfonamides is 1. The lowest BCUT2D eigenvalue weighted by molar-refractivity contribution is -0.137. The quantitative estimate of drug-likeness (QED) is 0.228. The van der Waals surface area contributed by atoms with Crippen molar-refractivity contribution < 1.29 is 26.3 Å². The molecular weight excluding hydrogens is 538 g/mol. The van der Waals surface area contributed by atoms with Crippen molar-refractivity contribution >= 4 is 40.0 Å². The van der Waals surface area contributed by atoms with Gasteiger partial charge in [0.1, 0.15) is 6.61 Å². The van der Waals surface area contributed by atoms with Gasteiger partial charge < -0.3 is 15.4 Å². The Bertz CT molecular complexity index is 783. The molecule has 1 aromatic heterocycles. The van der Waals surface area contributed by atoms with Crippen molar-refractivity contribution in [1.29, 1.82) is 0 Å². The maximum atomic E-state index is 12.5. The van der Waals surface area contributed by atoms with Gasteiger partial charge in [0.25, 0.3) is 0 Å². The Hall–Kier alpha value is -1.35. The van der Waals surface area contributed by atoms with Gasteiger partial charge in [0.15, 0.2) is 5.96 Å². The van der Waals surface area contributed by atoms with Gasteiger partial charge in [-0.2, -0.15) is 13.2 Å². The summed E-state index contributed by atoms with van der Waals surface area (Å²) in [6, 6.07) is 2.19. The molecule has 1 saturated heterocycles. The highest BCUT2D eigenvalue weighted by molar-refractivity contribution is 14.0. The number of rotatable bonds is 7. The Morgan fingerprint density at radius 1 is 1.33 bits per heavy atom. The van der Waals surface area contributed by atoms with Crippen LogP contribution in [0.4, 0.5) is 13.2 Å². The summed E-state index contributed by atoms with van der Waals surface area (Å²) >= 11 is 0. The second-order valence-corrected chi connectivity index (χ2v) is 8.71. The fourth-order valence-corrected chi connectivity index (χ4v) is 3.94. The van der Waals surface area contributed by atoms with Crippen molar-refractivity contribution in [3.63, 3.8) is 0 Å². The number of pyridine rings is 1. The third kappa shape index (κ3) is 8.06. The predicted octanol–water partition coefficient (Wildman–Crippen LogP) is 2.08. The number of aliphatic imine (C=N–C) groups is 1. The molecule has 0 atom stereocenters. The lowest BCUT2D eigenvalue weighted by Crippen LogP contribution is -2.50. The summed E-state index contributed by atoms with van der Waals surface area (Å²) < 4.78 is 68.1. The van der Waals surface area contributed by atoms with Crippen LogP contribution in [0.25, 0.3) is 0 Å². The van der Waals surface area contributed by atoms with Crippen LogP contribution in [0.2, 0.25) is 0 Å². The first kappa shape index (κ1) is 26.7. The monoisotopic (exact) mass is 565 g/mol. The van der Waals surface area contributed by atoms with Gasteiger partial charge in [0, 0.05) is 38.4 Å². The highest BCUT2D eigenvalue weighted by Gasteiger charge is 2.30. The van der Waals surface area contributed by atoms with Gasteiger partial charge in [-0.25, -0.2) is 17.7 Å². The minimum atomic E-state index is -4.43. The van der Waals surface area contributed by atoms with Crippen molar-refractivity contribution in [3.05, 3.63) is 23.9 Å².